The molecule has 0 saturated heterocycles. The van der Waals surface area contributed by atoms with Gasteiger partial charge in [-0.25, -0.2) is 8.42 Å². The summed E-state index contributed by atoms with van der Waals surface area (Å²) in [5.74, 6) is 0.581. The minimum Gasteiger partial charge on any atom is -0.357 e. The fourth-order valence-corrected chi connectivity index (χ4v) is 3.09. The van der Waals surface area contributed by atoms with Crippen LogP contribution in [0.1, 0.15) is 26.7 Å². The lowest BCUT2D eigenvalue weighted by Gasteiger charge is -2.17. The smallest absolute Gasteiger partial charge is 0.226 e. The van der Waals surface area contributed by atoms with E-state index in [0.29, 0.717) is 25.5 Å². The summed E-state index contributed by atoms with van der Waals surface area (Å²) in [6.45, 7) is 4.85. The molecule has 0 heterocycles. The van der Waals surface area contributed by atoms with E-state index in [1.54, 1.807) is 0 Å². The maximum absolute atomic E-state index is 12.0. The van der Waals surface area contributed by atoms with Gasteiger partial charge in [-0.2, -0.15) is 0 Å². The van der Waals surface area contributed by atoms with Crippen LogP contribution in [0.5, 0.6) is 0 Å². The first-order valence-corrected chi connectivity index (χ1v) is 11.3. The number of sulfone groups is 1. The predicted octanol–water partition coefficient (Wildman–Crippen LogP) is 2.16. The Morgan fingerprint density at radius 2 is 1.92 bits per heavy atom. The molecule has 146 valence electrons. The van der Waals surface area contributed by atoms with Crippen LogP contribution in [-0.4, -0.2) is 51.4 Å². The van der Waals surface area contributed by atoms with Crippen molar-refractivity contribution in [3.63, 3.8) is 0 Å². The Hall–Kier alpha value is -1.61. The number of carbonyl (C=O) groups is 1. The lowest BCUT2D eigenvalue weighted by Crippen LogP contribution is -2.43. The molecule has 3 N–H and O–H groups in total. The van der Waals surface area contributed by atoms with Crippen LogP contribution in [0.25, 0.3) is 0 Å². The average Bonchev–Trinajstić information content (AvgIpc) is 2.54. The Kier molecular flexibility index (Phi) is 9.64. The van der Waals surface area contributed by atoms with E-state index >= 15 is 0 Å². The van der Waals surface area contributed by atoms with Gasteiger partial charge in [-0.15, -0.1) is 0 Å². The molecule has 0 aromatic heterocycles. The third kappa shape index (κ3) is 10.4. The maximum atomic E-state index is 12.0. The summed E-state index contributed by atoms with van der Waals surface area (Å²) in [5, 5.41) is 9.07. The van der Waals surface area contributed by atoms with Gasteiger partial charge in [-0.05, 0) is 44.5 Å². The molecule has 0 spiro atoms. The lowest BCUT2D eigenvalue weighted by molar-refractivity contribution is -0.116. The van der Waals surface area contributed by atoms with Crippen molar-refractivity contribution in [2.75, 3.05) is 30.4 Å². The topological polar surface area (TPSA) is 99.7 Å². The first-order valence-electron chi connectivity index (χ1n) is 8.47. The quantitative estimate of drug-likeness (QED) is 0.398. The van der Waals surface area contributed by atoms with Crippen molar-refractivity contribution < 1.29 is 13.2 Å². The van der Waals surface area contributed by atoms with Crippen molar-refractivity contribution >= 4 is 43.3 Å². The van der Waals surface area contributed by atoms with E-state index in [4.69, 9.17) is 0 Å². The standard InChI is InChI=1S/C17H27BrN4O3S/c1-4-19-17(21-13(2)10-12-26(3,24)25)20-11-9-16(23)22-15-7-5-14(18)6-8-15/h5-8,13H,4,9-12H2,1-3H3,(H,22,23)(H2,19,20,21). The number of rotatable bonds is 9. The van der Waals surface area contributed by atoms with Crippen molar-refractivity contribution in [3.8, 4) is 0 Å². The second-order valence-electron chi connectivity index (χ2n) is 6.03. The lowest BCUT2D eigenvalue weighted by atomic mass is 10.3. The fourth-order valence-electron chi connectivity index (χ4n) is 2.04. The summed E-state index contributed by atoms with van der Waals surface area (Å²) in [5.41, 5.74) is 0.738. The zero-order valence-corrected chi connectivity index (χ0v) is 17.8. The number of nitrogens with one attached hydrogen (secondary N) is 3. The highest BCUT2D eigenvalue weighted by atomic mass is 79.9. The van der Waals surface area contributed by atoms with Gasteiger partial charge in [-0.1, -0.05) is 15.9 Å². The number of hydrogen-bond donors (Lipinski definition) is 3. The minimum absolute atomic E-state index is 0.0425. The second kappa shape index (κ2) is 11.2. The van der Waals surface area contributed by atoms with Crippen LogP contribution >= 0.6 is 15.9 Å². The van der Waals surface area contributed by atoms with E-state index in [0.717, 1.165) is 10.2 Å². The summed E-state index contributed by atoms with van der Waals surface area (Å²) >= 11 is 3.35. The predicted molar refractivity (Wildman–Crippen MR) is 110 cm³/mol. The molecule has 0 aliphatic rings. The zero-order chi connectivity index (χ0) is 19.6. The van der Waals surface area contributed by atoms with E-state index in [1.165, 1.54) is 6.26 Å². The third-order valence-corrected chi connectivity index (χ3v) is 4.89. The number of aliphatic imine (C=N–C) groups is 1. The van der Waals surface area contributed by atoms with Gasteiger partial charge in [0.05, 0.1) is 12.3 Å². The molecule has 1 rings (SSSR count). The molecule has 7 nitrogen and oxygen atoms in total. The van der Waals surface area contributed by atoms with E-state index < -0.39 is 9.84 Å². The molecule has 1 amide bonds. The van der Waals surface area contributed by atoms with Gasteiger partial charge in [0.15, 0.2) is 5.96 Å². The highest BCUT2D eigenvalue weighted by Crippen LogP contribution is 2.14. The van der Waals surface area contributed by atoms with Crippen LogP contribution in [0.3, 0.4) is 0 Å². The molecule has 1 aromatic carbocycles. The fraction of sp³-hybridized carbons (Fsp3) is 0.529. The summed E-state index contributed by atoms with van der Waals surface area (Å²) < 4.78 is 23.4. The van der Waals surface area contributed by atoms with Gasteiger partial charge in [0, 0.05) is 35.4 Å². The van der Waals surface area contributed by atoms with Gasteiger partial charge in [-0.3, -0.25) is 9.79 Å². The maximum Gasteiger partial charge on any atom is 0.226 e. The van der Waals surface area contributed by atoms with E-state index in [1.807, 2.05) is 38.1 Å². The molecule has 1 atom stereocenters. The van der Waals surface area contributed by atoms with Crippen LogP contribution in [-0.2, 0) is 14.6 Å². The first kappa shape index (κ1) is 22.4. The molecular formula is C17H27BrN4O3S. The molecule has 0 aliphatic carbocycles. The summed E-state index contributed by atoms with van der Waals surface area (Å²) in [4.78, 5) is 16.3. The van der Waals surface area contributed by atoms with E-state index in [9.17, 15) is 13.2 Å². The van der Waals surface area contributed by atoms with E-state index in [-0.39, 0.29) is 24.1 Å². The van der Waals surface area contributed by atoms with Gasteiger partial charge < -0.3 is 16.0 Å². The Balaban J connectivity index is 2.47. The monoisotopic (exact) mass is 446 g/mol. The van der Waals surface area contributed by atoms with Gasteiger partial charge >= 0.3 is 0 Å². The number of halogens is 1. The molecule has 0 radical (unpaired) electrons. The van der Waals surface area contributed by atoms with Crippen LogP contribution in [0.15, 0.2) is 33.7 Å². The molecule has 26 heavy (non-hydrogen) atoms. The summed E-state index contributed by atoms with van der Waals surface area (Å²) in [7, 11) is -2.98. The second-order valence-corrected chi connectivity index (χ2v) is 9.21. The Labute approximate surface area is 164 Å². The largest absolute Gasteiger partial charge is 0.357 e. The Morgan fingerprint density at radius 3 is 2.50 bits per heavy atom. The highest BCUT2D eigenvalue weighted by molar-refractivity contribution is 9.10. The molecule has 0 aliphatic heterocycles. The normalized spacial score (nSPS) is 13.2. The number of guanidine groups is 1. The van der Waals surface area contributed by atoms with E-state index in [2.05, 4.69) is 36.9 Å². The molecule has 0 fully saturated rings. The van der Waals surface area contributed by atoms with Crippen LogP contribution in [0, 0.1) is 0 Å². The first-order chi connectivity index (χ1) is 12.2. The molecular weight excluding hydrogens is 420 g/mol. The molecule has 0 bridgehead atoms. The zero-order valence-electron chi connectivity index (χ0n) is 15.4. The van der Waals surface area contributed by atoms with Crippen molar-refractivity contribution in [2.45, 2.75) is 32.7 Å². The molecule has 9 heteroatoms. The average molecular weight is 447 g/mol. The third-order valence-electron chi connectivity index (χ3n) is 3.39. The number of carbonyl (C=O) groups excluding carboxylic acids is 1. The Bertz CT molecular complexity index is 705. The number of benzene rings is 1. The number of hydrogen-bond acceptors (Lipinski definition) is 4. The molecule has 0 saturated carbocycles. The number of anilines is 1. The van der Waals surface area contributed by atoms with Crippen molar-refractivity contribution in [3.05, 3.63) is 28.7 Å². The van der Waals surface area contributed by atoms with Gasteiger partial charge in [0.1, 0.15) is 9.84 Å². The highest BCUT2D eigenvalue weighted by Gasteiger charge is 2.09. The van der Waals surface area contributed by atoms with Crippen LogP contribution < -0.4 is 16.0 Å². The van der Waals surface area contributed by atoms with Crippen molar-refractivity contribution in [1.29, 1.82) is 0 Å². The summed E-state index contributed by atoms with van der Waals surface area (Å²) in [6.07, 6.45) is 1.97. The van der Waals surface area contributed by atoms with Crippen LogP contribution in [0.4, 0.5) is 5.69 Å². The SMILES string of the molecule is CCNC(=NCCC(=O)Nc1ccc(Br)cc1)NC(C)CCS(C)(=O)=O. The minimum atomic E-state index is -2.98. The van der Waals surface area contributed by atoms with Crippen LogP contribution in [0.2, 0.25) is 0 Å². The number of amides is 1. The number of nitrogens with zero attached hydrogens (tertiary/aromatic N) is 1. The molecule has 1 aromatic rings. The summed E-state index contributed by atoms with van der Waals surface area (Å²) in [6, 6.07) is 7.32. The van der Waals surface area contributed by atoms with Crippen molar-refractivity contribution in [2.24, 2.45) is 4.99 Å². The molecule has 1 unspecified atom stereocenters. The Morgan fingerprint density at radius 1 is 1.27 bits per heavy atom. The van der Waals surface area contributed by atoms with Gasteiger partial charge in [0.2, 0.25) is 5.91 Å². The van der Waals surface area contributed by atoms with Crippen molar-refractivity contribution in [1.82, 2.24) is 10.6 Å². The van der Waals surface area contributed by atoms with Gasteiger partial charge in [0.25, 0.3) is 0 Å².